The number of anilines is 1. The van der Waals surface area contributed by atoms with Gasteiger partial charge in [-0.15, -0.1) is 0 Å². The summed E-state index contributed by atoms with van der Waals surface area (Å²) in [6.07, 6.45) is 1.85. The third-order valence-electron chi connectivity index (χ3n) is 3.14. The van der Waals surface area contributed by atoms with Crippen LogP contribution in [0.3, 0.4) is 0 Å². The molecule has 0 radical (unpaired) electrons. The van der Waals surface area contributed by atoms with Crippen molar-refractivity contribution in [2.45, 2.75) is 17.7 Å². The van der Waals surface area contributed by atoms with E-state index in [1.54, 1.807) is 4.90 Å². The first-order valence-corrected chi connectivity index (χ1v) is 7.71. The third kappa shape index (κ3) is 3.26. The molecule has 1 amide bonds. The molecule has 20 heavy (non-hydrogen) atoms. The van der Waals surface area contributed by atoms with Gasteiger partial charge in [0, 0.05) is 13.1 Å². The summed E-state index contributed by atoms with van der Waals surface area (Å²) < 4.78 is 39.2. The summed E-state index contributed by atoms with van der Waals surface area (Å²) in [5, 5.41) is 0. The van der Waals surface area contributed by atoms with E-state index in [0.717, 1.165) is 25.0 Å². The Bertz CT molecular complexity index is 612. The lowest BCUT2D eigenvalue weighted by atomic mass is 10.3. The molecule has 0 aromatic heterocycles. The molecular weight excluding hydrogens is 285 g/mol. The van der Waals surface area contributed by atoms with Gasteiger partial charge in [0.2, 0.25) is 15.9 Å². The lowest BCUT2D eigenvalue weighted by molar-refractivity contribution is -0.128. The Morgan fingerprint density at radius 1 is 1.35 bits per heavy atom. The Hall–Kier alpha value is -1.67. The standard InChI is InChI=1S/C12H16FN3O3S/c13-9-3-4-10(14)11(7-9)20(18,19)15-8-12(17)16-5-1-2-6-16/h3-4,7,15H,1-2,5-6,8,14H2. The topological polar surface area (TPSA) is 92.5 Å². The van der Waals surface area contributed by atoms with Gasteiger partial charge in [-0.1, -0.05) is 0 Å². The summed E-state index contributed by atoms with van der Waals surface area (Å²) in [6.45, 7) is 0.934. The highest BCUT2D eigenvalue weighted by atomic mass is 32.2. The van der Waals surface area contributed by atoms with Crippen LogP contribution >= 0.6 is 0 Å². The molecule has 6 nitrogen and oxygen atoms in total. The van der Waals surface area contributed by atoms with E-state index < -0.39 is 15.8 Å². The number of hydrogen-bond acceptors (Lipinski definition) is 4. The molecule has 0 aliphatic carbocycles. The molecule has 2 rings (SSSR count). The zero-order valence-electron chi connectivity index (χ0n) is 10.8. The number of sulfonamides is 1. The monoisotopic (exact) mass is 301 g/mol. The van der Waals surface area contributed by atoms with E-state index in [-0.39, 0.29) is 23.0 Å². The Labute approximate surface area is 116 Å². The van der Waals surface area contributed by atoms with Gasteiger partial charge in [-0.3, -0.25) is 4.79 Å². The second kappa shape index (κ2) is 5.76. The molecule has 1 saturated heterocycles. The van der Waals surface area contributed by atoms with Crippen molar-refractivity contribution < 1.29 is 17.6 Å². The van der Waals surface area contributed by atoms with Crippen molar-refractivity contribution in [1.29, 1.82) is 0 Å². The van der Waals surface area contributed by atoms with Gasteiger partial charge < -0.3 is 10.6 Å². The van der Waals surface area contributed by atoms with Crippen molar-refractivity contribution in [3.05, 3.63) is 24.0 Å². The minimum atomic E-state index is -4.00. The first kappa shape index (κ1) is 14.7. The number of amides is 1. The van der Waals surface area contributed by atoms with Crippen molar-refractivity contribution in [2.24, 2.45) is 0 Å². The van der Waals surface area contributed by atoms with Crippen LogP contribution in [0.1, 0.15) is 12.8 Å². The van der Waals surface area contributed by atoms with Gasteiger partial charge in [0.25, 0.3) is 0 Å². The number of nitrogens with two attached hydrogens (primary N) is 1. The summed E-state index contributed by atoms with van der Waals surface area (Å²) in [5.74, 6) is -0.994. The number of nitrogens with one attached hydrogen (secondary N) is 1. The van der Waals surface area contributed by atoms with Crippen LogP contribution < -0.4 is 10.5 Å². The summed E-state index contributed by atoms with van der Waals surface area (Å²) >= 11 is 0. The molecule has 1 aromatic carbocycles. The van der Waals surface area contributed by atoms with E-state index in [1.165, 1.54) is 6.07 Å². The number of carbonyl (C=O) groups excluding carboxylic acids is 1. The number of benzene rings is 1. The predicted octanol–water partition coefficient (Wildman–Crippen LogP) is 0.309. The molecule has 1 fully saturated rings. The van der Waals surface area contributed by atoms with Crippen LogP contribution in [0.15, 0.2) is 23.1 Å². The first-order chi connectivity index (χ1) is 9.40. The molecule has 0 spiro atoms. The van der Waals surface area contributed by atoms with E-state index in [2.05, 4.69) is 4.72 Å². The number of nitrogen functional groups attached to an aromatic ring is 1. The number of halogens is 1. The summed E-state index contributed by atoms with van der Waals surface area (Å²) in [6, 6.07) is 3.08. The van der Waals surface area contributed by atoms with Crippen molar-refractivity contribution in [3.8, 4) is 0 Å². The van der Waals surface area contributed by atoms with Crippen LogP contribution in [-0.2, 0) is 14.8 Å². The molecule has 1 aromatic rings. The zero-order valence-corrected chi connectivity index (χ0v) is 11.6. The van der Waals surface area contributed by atoms with Crippen LogP contribution in [-0.4, -0.2) is 38.9 Å². The Morgan fingerprint density at radius 3 is 2.65 bits per heavy atom. The fraction of sp³-hybridized carbons (Fsp3) is 0.417. The molecule has 0 atom stereocenters. The van der Waals surface area contributed by atoms with Gasteiger partial charge in [0.05, 0.1) is 12.2 Å². The Balaban J connectivity index is 2.07. The van der Waals surface area contributed by atoms with Crippen molar-refractivity contribution >= 4 is 21.6 Å². The molecule has 1 aliphatic heterocycles. The minimum Gasteiger partial charge on any atom is -0.398 e. The predicted molar refractivity (Wildman–Crippen MR) is 71.8 cm³/mol. The molecule has 1 heterocycles. The van der Waals surface area contributed by atoms with Gasteiger partial charge in [-0.05, 0) is 31.0 Å². The average Bonchev–Trinajstić information content (AvgIpc) is 2.93. The van der Waals surface area contributed by atoms with Gasteiger partial charge in [-0.2, -0.15) is 0 Å². The molecular formula is C12H16FN3O3S. The number of likely N-dealkylation sites (tertiary alicyclic amines) is 1. The lowest BCUT2D eigenvalue weighted by Crippen LogP contribution is -2.38. The van der Waals surface area contributed by atoms with E-state index in [4.69, 9.17) is 5.73 Å². The number of hydrogen-bond donors (Lipinski definition) is 2. The van der Waals surface area contributed by atoms with Gasteiger partial charge >= 0.3 is 0 Å². The average molecular weight is 301 g/mol. The molecule has 110 valence electrons. The highest BCUT2D eigenvalue weighted by Crippen LogP contribution is 2.19. The summed E-state index contributed by atoms with van der Waals surface area (Å²) in [5.41, 5.74) is 5.46. The van der Waals surface area contributed by atoms with E-state index in [9.17, 15) is 17.6 Å². The lowest BCUT2D eigenvalue weighted by Gasteiger charge is -2.16. The molecule has 3 N–H and O–H groups in total. The Kier molecular flexibility index (Phi) is 4.24. The van der Waals surface area contributed by atoms with Crippen LogP contribution in [0.4, 0.5) is 10.1 Å². The van der Waals surface area contributed by atoms with Crippen LogP contribution in [0, 0.1) is 5.82 Å². The molecule has 0 unspecified atom stereocenters. The van der Waals surface area contributed by atoms with E-state index in [1.807, 2.05) is 0 Å². The number of carbonyl (C=O) groups is 1. The summed E-state index contributed by atoms with van der Waals surface area (Å²) in [7, 11) is -4.00. The van der Waals surface area contributed by atoms with Gasteiger partial charge in [-0.25, -0.2) is 17.5 Å². The SMILES string of the molecule is Nc1ccc(F)cc1S(=O)(=O)NCC(=O)N1CCCC1. The van der Waals surface area contributed by atoms with Crippen LogP contribution in [0.2, 0.25) is 0 Å². The highest BCUT2D eigenvalue weighted by molar-refractivity contribution is 7.89. The zero-order chi connectivity index (χ0) is 14.8. The minimum absolute atomic E-state index is 0.0625. The first-order valence-electron chi connectivity index (χ1n) is 6.22. The molecule has 1 aliphatic rings. The van der Waals surface area contributed by atoms with E-state index >= 15 is 0 Å². The number of nitrogens with zero attached hydrogens (tertiary/aromatic N) is 1. The fourth-order valence-electron chi connectivity index (χ4n) is 2.05. The molecule has 8 heteroatoms. The Morgan fingerprint density at radius 2 is 2.00 bits per heavy atom. The molecule has 0 saturated carbocycles. The van der Waals surface area contributed by atoms with Gasteiger partial charge in [0.1, 0.15) is 10.7 Å². The maximum atomic E-state index is 13.1. The quantitative estimate of drug-likeness (QED) is 0.783. The second-order valence-electron chi connectivity index (χ2n) is 4.59. The van der Waals surface area contributed by atoms with Gasteiger partial charge in [0.15, 0.2) is 0 Å². The number of rotatable bonds is 4. The van der Waals surface area contributed by atoms with Crippen molar-refractivity contribution in [1.82, 2.24) is 9.62 Å². The van der Waals surface area contributed by atoms with Crippen LogP contribution in [0.25, 0.3) is 0 Å². The van der Waals surface area contributed by atoms with Crippen molar-refractivity contribution in [3.63, 3.8) is 0 Å². The smallest absolute Gasteiger partial charge is 0.243 e. The largest absolute Gasteiger partial charge is 0.398 e. The maximum absolute atomic E-state index is 13.1. The fourth-order valence-corrected chi connectivity index (χ4v) is 3.17. The highest BCUT2D eigenvalue weighted by Gasteiger charge is 2.22. The third-order valence-corrected chi connectivity index (χ3v) is 4.59. The maximum Gasteiger partial charge on any atom is 0.243 e. The van der Waals surface area contributed by atoms with E-state index in [0.29, 0.717) is 13.1 Å². The van der Waals surface area contributed by atoms with Crippen LogP contribution in [0.5, 0.6) is 0 Å². The normalized spacial score (nSPS) is 15.6. The summed E-state index contributed by atoms with van der Waals surface area (Å²) in [4.78, 5) is 13.0. The van der Waals surface area contributed by atoms with Crippen molar-refractivity contribution in [2.75, 3.05) is 25.4 Å². The second-order valence-corrected chi connectivity index (χ2v) is 6.33. The molecule has 0 bridgehead atoms.